The van der Waals surface area contributed by atoms with Gasteiger partial charge in [-0.3, -0.25) is 4.79 Å². The summed E-state index contributed by atoms with van der Waals surface area (Å²) >= 11 is 1.36. The van der Waals surface area contributed by atoms with E-state index < -0.39 is 0 Å². The molecular formula is C20H19N3O2S. The van der Waals surface area contributed by atoms with Crippen LogP contribution in [0.25, 0.3) is 0 Å². The van der Waals surface area contributed by atoms with Crippen LogP contribution in [0.15, 0.2) is 70.8 Å². The third-order valence-corrected chi connectivity index (χ3v) is 4.65. The van der Waals surface area contributed by atoms with Crippen LogP contribution in [0.5, 0.6) is 11.6 Å². The number of aryl methyl sites for hydroxylation is 1. The highest BCUT2D eigenvalue weighted by Crippen LogP contribution is 2.35. The van der Waals surface area contributed by atoms with Gasteiger partial charge in [-0.1, -0.05) is 41.6 Å². The van der Waals surface area contributed by atoms with Crippen LogP contribution >= 0.6 is 11.8 Å². The molecule has 5 nitrogen and oxygen atoms in total. The van der Waals surface area contributed by atoms with E-state index in [-0.39, 0.29) is 5.91 Å². The Morgan fingerprint density at radius 2 is 1.69 bits per heavy atom. The highest BCUT2D eigenvalue weighted by Gasteiger charge is 2.17. The zero-order valence-electron chi connectivity index (χ0n) is 14.8. The lowest BCUT2D eigenvalue weighted by atomic mass is 10.2. The molecule has 132 valence electrons. The average Bonchev–Trinajstić information content (AvgIpc) is 2.65. The third kappa shape index (κ3) is 4.21. The molecule has 0 bridgehead atoms. The third-order valence-electron chi connectivity index (χ3n) is 3.60. The minimum Gasteiger partial charge on any atom is -0.437 e. The van der Waals surface area contributed by atoms with Gasteiger partial charge in [-0.05, 0) is 31.2 Å². The summed E-state index contributed by atoms with van der Waals surface area (Å²) in [4.78, 5) is 23.5. The van der Waals surface area contributed by atoms with E-state index in [9.17, 15) is 4.79 Å². The van der Waals surface area contributed by atoms with E-state index in [1.54, 1.807) is 31.4 Å². The molecule has 1 aromatic heterocycles. The molecule has 0 aliphatic rings. The maximum absolute atomic E-state index is 12.4. The molecule has 26 heavy (non-hydrogen) atoms. The summed E-state index contributed by atoms with van der Waals surface area (Å²) in [5.74, 6) is 1.04. The molecule has 2 aromatic carbocycles. The predicted molar refractivity (Wildman–Crippen MR) is 102 cm³/mol. The monoisotopic (exact) mass is 365 g/mol. The molecule has 6 heteroatoms. The van der Waals surface area contributed by atoms with Crippen molar-refractivity contribution in [1.82, 2.24) is 14.9 Å². The van der Waals surface area contributed by atoms with Crippen LogP contribution in [0.3, 0.4) is 0 Å². The highest BCUT2D eigenvalue weighted by atomic mass is 32.2. The first-order valence-corrected chi connectivity index (χ1v) is 8.90. The van der Waals surface area contributed by atoms with Crippen LogP contribution in [-0.2, 0) is 0 Å². The number of nitrogens with zero attached hydrogens (tertiary/aromatic N) is 3. The standard InChI is InChI=1S/C20H19N3O2S/c1-14-8-10-15(11-9-14)25-18-19(22-13-12-21-18)26-17-7-5-4-6-16(17)20(24)23(2)3/h4-13H,1-3H3. The molecule has 0 saturated carbocycles. The number of ether oxygens (including phenoxy) is 1. The highest BCUT2D eigenvalue weighted by molar-refractivity contribution is 7.99. The van der Waals surface area contributed by atoms with Crippen LogP contribution < -0.4 is 4.74 Å². The lowest BCUT2D eigenvalue weighted by molar-refractivity contribution is 0.0824. The van der Waals surface area contributed by atoms with Gasteiger partial charge in [0, 0.05) is 31.4 Å². The number of benzene rings is 2. The van der Waals surface area contributed by atoms with E-state index in [1.807, 2.05) is 55.5 Å². The maximum Gasteiger partial charge on any atom is 0.254 e. The average molecular weight is 365 g/mol. The summed E-state index contributed by atoms with van der Waals surface area (Å²) < 4.78 is 5.89. The van der Waals surface area contributed by atoms with E-state index in [2.05, 4.69) is 9.97 Å². The van der Waals surface area contributed by atoms with Gasteiger partial charge in [0.05, 0.1) is 5.56 Å². The topological polar surface area (TPSA) is 55.3 Å². The number of hydrogen-bond donors (Lipinski definition) is 0. The van der Waals surface area contributed by atoms with Crippen LogP contribution in [-0.4, -0.2) is 34.9 Å². The van der Waals surface area contributed by atoms with E-state index in [0.717, 1.165) is 10.5 Å². The molecule has 0 atom stereocenters. The SMILES string of the molecule is Cc1ccc(Oc2nccnc2Sc2ccccc2C(=O)N(C)C)cc1. The Kier molecular flexibility index (Phi) is 5.53. The molecule has 0 radical (unpaired) electrons. The van der Waals surface area contributed by atoms with Crippen molar-refractivity contribution in [2.75, 3.05) is 14.1 Å². The lowest BCUT2D eigenvalue weighted by Gasteiger charge is -2.14. The van der Waals surface area contributed by atoms with E-state index in [0.29, 0.717) is 22.2 Å². The number of hydrogen-bond acceptors (Lipinski definition) is 5. The first-order chi connectivity index (χ1) is 12.5. The van der Waals surface area contributed by atoms with E-state index in [4.69, 9.17) is 4.74 Å². The van der Waals surface area contributed by atoms with Crippen LogP contribution in [0.1, 0.15) is 15.9 Å². The van der Waals surface area contributed by atoms with Gasteiger partial charge >= 0.3 is 0 Å². The Hall–Kier alpha value is -2.86. The largest absolute Gasteiger partial charge is 0.437 e. The summed E-state index contributed by atoms with van der Waals surface area (Å²) in [5.41, 5.74) is 1.77. The van der Waals surface area contributed by atoms with Crippen molar-refractivity contribution in [2.24, 2.45) is 0 Å². The van der Waals surface area contributed by atoms with Crippen molar-refractivity contribution in [1.29, 1.82) is 0 Å². The number of aromatic nitrogens is 2. The second kappa shape index (κ2) is 8.01. The molecular weight excluding hydrogens is 346 g/mol. The van der Waals surface area contributed by atoms with Crippen molar-refractivity contribution >= 4 is 17.7 Å². The van der Waals surface area contributed by atoms with Gasteiger partial charge in [0.2, 0.25) is 0 Å². The second-order valence-corrected chi connectivity index (χ2v) is 6.91. The number of carbonyl (C=O) groups is 1. The lowest BCUT2D eigenvalue weighted by Crippen LogP contribution is -2.22. The van der Waals surface area contributed by atoms with Crippen molar-refractivity contribution in [3.63, 3.8) is 0 Å². The first-order valence-electron chi connectivity index (χ1n) is 8.08. The summed E-state index contributed by atoms with van der Waals surface area (Å²) in [5, 5.41) is 0.604. The predicted octanol–water partition coefficient (Wildman–Crippen LogP) is 4.43. The Morgan fingerprint density at radius 1 is 1.00 bits per heavy atom. The molecule has 1 amide bonds. The van der Waals surface area contributed by atoms with Crippen LogP contribution in [0.2, 0.25) is 0 Å². The quantitative estimate of drug-likeness (QED) is 0.669. The normalized spacial score (nSPS) is 10.4. The van der Waals surface area contributed by atoms with Gasteiger partial charge in [-0.25, -0.2) is 9.97 Å². The molecule has 0 aliphatic carbocycles. The minimum atomic E-state index is -0.0574. The van der Waals surface area contributed by atoms with E-state index in [1.165, 1.54) is 11.8 Å². The fourth-order valence-electron chi connectivity index (χ4n) is 2.25. The molecule has 0 saturated heterocycles. The Morgan fingerprint density at radius 3 is 2.42 bits per heavy atom. The number of rotatable bonds is 5. The Labute approximate surface area is 157 Å². The van der Waals surface area contributed by atoms with Gasteiger partial charge in [0.25, 0.3) is 11.8 Å². The number of carbonyl (C=O) groups excluding carboxylic acids is 1. The molecule has 0 N–H and O–H groups in total. The molecule has 0 aliphatic heterocycles. The van der Waals surface area contributed by atoms with Crippen molar-refractivity contribution in [2.45, 2.75) is 16.8 Å². The Bertz CT molecular complexity index is 911. The van der Waals surface area contributed by atoms with Crippen molar-refractivity contribution in [3.05, 3.63) is 72.1 Å². The zero-order valence-corrected chi connectivity index (χ0v) is 15.7. The van der Waals surface area contributed by atoms with Crippen LogP contribution in [0.4, 0.5) is 0 Å². The van der Waals surface area contributed by atoms with Gasteiger partial charge in [0.1, 0.15) is 5.75 Å². The smallest absolute Gasteiger partial charge is 0.254 e. The van der Waals surface area contributed by atoms with Gasteiger partial charge < -0.3 is 9.64 Å². The molecule has 0 spiro atoms. The zero-order chi connectivity index (χ0) is 18.5. The fourth-order valence-corrected chi connectivity index (χ4v) is 3.16. The summed E-state index contributed by atoms with van der Waals surface area (Å²) in [6.45, 7) is 2.02. The summed E-state index contributed by atoms with van der Waals surface area (Å²) in [6.07, 6.45) is 3.20. The molecule has 0 unspecified atom stereocenters. The molecule has 3 aromatic rings. The van der Waals surface area contributed by atoms with Crippen molar-refractivity contribution < 1.29 is 9.53 Å². The second-order valence-electron chi connectivity index (χ2n) is 5.88. The minimum absolute atomic E-state index is 0.0574. The van der Waals surface area contributed by atoms with Gasteiger partial charge in [-0.2, -0.15) is 0 Å². The van der Waals surface area contributed by atoms with Crippen LogP contribution in [0, 0.1) is 6.92 Å². The molecule has 0 fully saturated rings. The fraction of sp³-hybridized carbons (Fsp3) is 0.150. The van der Waals surface area contributed by atoms with Gasteiger partial charge in [0.15, 0.2) is 5.03 Å². The van der Waals surface area contributed by atoms with E-state index >= 15 is 0 Å². The molecule has 3 rings (SSSR count). The Balaban J connectivity index is 1.90. The van der Waals surface area contributed by atoms with Crippen molar-refractivity contribution in [3.8, 4) is 11.6 Å². The molecule has 1 heterocycles. The maximum atomic E-state index is 12.4. The first kappa shape index (κ1) is 17.9. The summed E-state index contributed by atoms with van der Waals surface area (Å²) in [6, 6.07) is 15.2. The number of amides is 1. The van der Waals surface area contributed by atoms with Gasteiger partial charge in [-0.15, -0.1) is 0 Å². The summed E-state index contributed by atoms with van der Waals surface area (Å²) in [7, 11) is 3.47.